The smallest absolute Gasteiger partial charge is 0.321 e. The number of anilines is 1. The third-order valence-corrected chi connectivity index (χ3v) is 4.07. The molecule has 1 aliphatic heterocycles. The fourth-order valence-corrected chi connectivity index (χ4v) is 2.56. The SMILES string of the molecule is CC(C1Cc2ccccc2O1)N(C)C(=O)Nc1ccncc1. The normalized spacial score (nSPS) is 17.3. The third kappa shape index (κ3) is 2.88. The van der Waals surface area contributed by atoms with Crippen LogP contribution in [0.25, 0.3) is 0 Å². The molecule has 1 aliphatic rings. The van der Waals surface area contributed by atoms with E-state index in [1.165, 1.54) is 5.56 Å². The number of carbonyl (C=O) groups is 1. The van der Waals surface area contributed by atoms with Crippen LogP contribution in [-0.4, -0.2) is 35.1 Å². The number of ether oxygens (including phenoxy) is 1. The predicted octanol–water partition coefficient (Wildman–Crippen LogP) is 2.94. The van der Waals surface area contributed by atoms with E-state index in [9.17, 15) is 4.79 Å². The van der Waals surface area contributed by atoms with Gasteiger partial charge in [-0.2, -0.15) is 0 Å². The molecule has 0 saturated carbocycles. The van der Waals surface area contributed by atoms with E-state index in [2.05, 4.69) is 16.4 Å². The summed E-state index contributed by atoms with van der Waals surface area (Å²) in [5.74, 6) is 0.919. The van der Waals surface area contributed by atoms with Crippen LogP contribution in [0.5, 0.6) is 5.75 Å². The number of nitrogens with zero attached hydrogens (tertiary/aromatic N) is 2. The lowest BCUT2D eigenvalue weighted by Gasteiger charge is -2.29. The maximum atomic E-state index is 12.3. The van der Waals surface area contributed by atoms with E-state index in [4.69, 9.17) is 4.74 Å². The second-order valence-corrected chi connectivity index (χ2v) is 5.49. The number of aromatic nitrogens is 1. The molecular weight excluding hydrogens is 278 g/mol. The van der Waals surface area contributed by atoms with Gasteiger partial charge in [0.2, 0.25) is 0 Å². The van der Waals surface area contributed by atoms with E-state index in [1.54, 1.807) is 36.5 Å². The van der Waals surface area contributed by atoms with Crippen molar-refractivity contribution in [2.75, 3.05) is 12.4 Å². The van der Waals surface area contributed by atoms with Gasteiger partial charge in [-0.15, -0.1) is 0 Å². The number of nitrogens with one attached hydrogen (secondary N) is 1. The van der Waals surface area contributed by atoms with Crippen molar-refractivity contribution in [3.63, 3.8) is 0 Å². The van der Waals surface area contributed by atoms with Crippen LogP contribution >= 0.6 is 0 Å². The van der Waals surface area contributed by atoms with E-state index < -0.39 is 0 Å². The highest BCUT2D eigenvalue weighted by Gasteiger charge is 2.31. The Labute approximate surface area is 129 Å². The fraction of sp³-hybridized carbons (Fsp3) is 0.294. The highest BCUT2D eigenvalue weighted by atomic mass is 16.5. The lowest BCUT2D eigenvalue weighted by atomic mass is 10.1. The molecule has 114 valence electrons. The van der Waals surface area contributed by atoms with Gasteiger partial charge in [-0.25, -0.2) is 4.79 Å². The molecule has 0 saturated heterocycles. The number of urea groups is 1. The first kappa shape index (κ1) is 14.4. The van der Waals surface area contributed by atoms with Crippen LogP contribution in [0.4, 0.5) is 10.5 Å². The molecule has 0 bridgehead atoms. The van der Waals surface area contributed by atoms with Gasteiger partial charge >= 0.3 is 6.03 Å². The second-order valence-electron chi connectivity index (χ2n) is 5.49. The zero-order chi connectivity index (χ0) is 15.5. The van der Waals surface area contributed by atoms with Crippen LogP contribution in [0.2, 0.25) is 0 Å². The summed E-state index contributed by atoms with van der Waals surface area (Å²) < 4.78 is 5.96. The Morgan fingerprint density at radius 2 is 2.05 bits per heavy atom. The summed E-state index contributed by atoms with van der Waals surface area (Å²) >= 11 is 0. The molecule has 1 aromatic carbocycles. The van der Waals surface area contributed by atoms with E-state index in [0.717, 1.165) is 17.9 Å². The van der Waals surface area contributed by atoms with Crippen LogP contribution in [0.15, 0.2) is 48.8 Å². The zero-order valence-electron chi connectivity index (χ0n) is 12.7. The Bertz CT molecular complexity index is 635. The number of likely N-dealkylation sites (N-methyl/N-ethyl adjacent to an activating group) is 1. The minimum atomic E-state index is -0.154. The predicted molar refractivity (Wildman–Crippen MR) is 85.0 cm³/mol. The van der Waals surface area contributed by atoms with Crippen LogP contribution in [0.1, 0.15) is 12.5 Å². The third-order valence-electron chi connectivity index (χ3n) is 4.07. The molecule has 2 unspecified atom stereocenters. The van der Waals surface area contributed by atoms with Gasteiger partial charge in [-0.1, -0.05) is 18.2 Å². The van der Waals surface area contributed by atoms with Crippen molar-refractivity contribution in [2.45, 2.75) is 25.5 Å². The Kier molecular flexibility index (Phi) is 3.96. The monoisotopic (exact) mass is 297 g/mol. The van der Waals surface area contributed by atoms with Crippen LogP contribution in [-0.2, 0) is 6.42 Å². The van der Waals surface area contributed by atoms with Gasteiger partial charge in [0.05, 0.1) is 6.04 Å². The van der Waals surface area contributed by atoms with Crippen molar-refractivity contribution in [1.29, 1.82) is 0 Å². The van der Waals surface area contributed by atoms with Crippen molar-refractivity contribution in [1.82, 2.24) is 9.88 Å². The summed E-state index contributed by atoms with van der Waals surface area (Å²) in [5.41, 5.74) is 1.93. The molecule has 2 aromatic rings. The van der Waals surface area contributed by atoms with Gasteiger partial charge < -0.3 is 15.0 Å². The number of carbonyl (C=O) groups excluding carboxylic acids is 1. The van der Waals surface area contributed by atoms with E-state index in [1.807, 2.05) is 25.1 Å². The average Bonchev–Trinajstić information content (AvgIpc) is 2.98. The Morgan fingerprint density at radius 1 is 1.32 bits per heavy atom. The number of rotatable bonds is 3. The van der Waals surface area contributed by atoms with Gasteiger partial charge in [0.25, 0.3) is 0 Å². The van der Waals surface area contributed by atoms with Crippen LogP contribution in [0.3, 0.4) is 0 Å². The topological polar surface area (TPSA) is 54.5 Å². The molecule has 1 N–H and O–H groups in total. The summed E-state index contributed by atoms with van der Waals surface area (Å²) in [6, 6.07) is 11.3. The number of hydrogen-bond acceptors (Lipinski definition) is 3. The molecule has 0 radical (unpaired) electrons. The van der Waals surface area contributed by atoms with Crippen molar-refractivity contribution < 1.29 is 9.53 Å². The summed E-state index contributed by atoms with van der Waals surface area (Å²) in [6.45, 7) is 2.00. The first-order chi connectivity index (χ1) is 10.6. The van der Waals surface area contributed by atoms with Crippen molar-refractivity contribution in [2.24, 2.45) is 0 Å². The molecule has 0 fully saturated rings. The van der Waals surface area contributed by atoms with Crippen molar-refractivity contribution in [3.05, 3.63) is 54.4 Å². The summed E-state index contributed by atoms with van der Waals surface area (Å²) in [6.07, 6.45) is 4.10. The molecule has 22 heavy (non-hydrogen) atoms. The quantitative estimate of drug-likeness (QED) is 0.947. The van der Waals surface area contributed by atoms with Gasteiger partial charge in [0.1, 0.15) is 11.9 Å². The highest BCUT2D eigenvalue weighted by Crippen LogP contribution is 2.30. The lowest BCUT2D eigenvalue weighted by Crippen LogP contribution is -2.46. The highest BCUT2D eigenvalue weighted by molar-refractivity contribution is 5.89. The molecule has 2 heterocycles. The van der Waals surface area contributed by atoms with Crippen molar-refractivity contribution in [3.8, 4) is 5.75 Å². The molecule has 0 aliphatic carbocycles. The first-order valence-electron chi connectivity index (χ1n) is 7.33. The number of amides is 2. The Morgan fingerprint density at radius 3 is 2.77 bits per heavy atom. The number of hydrogen-bond donors (Lipinski definition) is 1. The number of pyridine rings is 1. The number of fused-ring (bicyclic) bond motifs is 1. The van der Waals surface area contributed by atoms with E-state index in [-0.39, 0.29) is 18.2 Å². The van der Waals surface area contributed by atoms with E-state index in [0.29, 0.717) is 0 Å². The molecule has 3 rings (SSSR count). The van der Waals surface area contributed by atoms with Crippen molar-refractivity contribution >= 4 is 11.7 Å². The molecule has 5 heteroatoms. The number of benzene rings is 1. The zero-order valence-corrected chi connectivity index (χ0v) is 12.7. The minimum absolute atomic E-state index is 0.0226. The second kappa shape index (κ2) is 6.05. The van der Waals surface area contributed by atoms with Crippen LogP contribution < -0.4 is 10.1 Å². The van der Waals surface area contributed by atoms with Crippen LogP contribution in [0, 0.1) is 0 Å². The molecule has 2 atom stereocenters. The van der Waals surface area contributed by atoms with E-state index >= 15 is 0 Å². The van der Waals surface area contributed by atoms with Gasteiger partial charge in [0.15, 0.2) is 0 Å². The fourth-order valence-electron chi connectivity index (χ4n) is 2.56. The molecular formula is C17H19N3O2. The maximum absolute atomic E-state index is 12.3. The standard InChI is InChI=1S/C17H19N3O2/c1-12(16-11-13-5-3-4-6-15(13)22-16)20(2)17(21)19-14-7-9-18-10-8-14/h3-10,12,16H,11H2,1-2H3,(H,18,19,21). The average molecular weight is 297 g/mol. The summed E-state index contributed by atoms with van der Waals surface area (Å²) in [4.78, 5) is 17.9. The lowest BCUT2D eigenvalue weighted by molar-refractivity contribution is 0.125. The maximum Gasteiger partial charge on any atom is 0.321 e. The molecule has 2 amide bonds. The largest absolute Gasteiger partial charge is 0.488 e. The molecule has 5 nitrogen and oxygen atoms in total. The van der Waals surface area contributed by atoms with Gasteiger partial charge in [-0.3, -0.25) is 4.98 Å². The number of para-hydroxylation sites is 1. The van der Waals surface area contributed by atoms with Gasteiger partial charge in [-0.05, 0) is 30.7 Å². The molecule has 1 aromatic heterocycles. The Balaban J connectivity index is 1.63. The Hall–Kier alpha value is -2.56. The summed E-state index contributed by atoms with van der Waals surface area (Å²) in [7, 11) is 1.79. The van der Waals surface area contributed by atoms with Gasteiger partial charge in [0, 0.05) is 31.5 Å². The molecule has 0 spiro atoms. The minimum Gasteiger partial charge on any atom is -0.488 e. The first-order valence-corrected chi connectivity index (χ1v) is 7.33. The summed E-state index contributed by atoms with van der Waals surface area (Å²) in [5, 5.41) is 2.86.